The van der Waals surface area contributed by atoms with E-state index >= 15 is 0 Å². The Hall–Kier alpha value is -1.95. The van der Waals surface area contributed by atoms with Crippen LogP contribution in [-0.2, 0) is 12.8 Å². The van der Waals surface area contributed by atoms with Gasteiger partial charge in [-0.05, 0) is 18.4 Å². The van der Waals surface area contributed by atoms with Gasteiger partial charge in [-0.1, -0.05) is 19.9 Å². The van der Waals surface area contributed by atoms with Gasteiger partial charge in [0.1, 0.15) is 5.56 Å². The molecule has 1 heterocycles. The number of nitrogens with zero attached hydrogens (tertiary/aromatic N) is 3. The van der Waals surface area contributed by atoms with Crippen molar-refractivity contribution in [1.82, 2.24) is 10.2 Å². The number of hydrogen-bond acceptors (Lipinski definition) is 5. The average molecular weight is 279 g/mol. The van der Waals surface area contributed by atoms with E-state index in [1.165, 1.54) is 0 Å². The Bertz CT molecular complexity index is 489. The van der Waals surface area contributed by atoms with E-state index < -0.39 is 5.97 Å². The summed E-state index contributed by atoms with van der Waals surface area (Å²) < 4.78 is 0. The molecule has 0 radical (unpaired) electrons. The van der Waals surface area contributed by atoms with Crippen LogP contribution in [0.4, 0.5) is 5.82 Å². The van der Waals surface area contributed by atoms with Crippen LogP contribution in [-0.4, -0.2) is 46.1 Å². The summed E-state index contributed by atoms with van der Waals surface area (Å²) in [5.74, 6) is -0.728. The van der Waals surface area contributed by atoms with Crippen molar-refractivity contribution in [2.24, 2.45) is 0 Å². The average Bonchev–Trinajstić information content (AvgIpc) is 2.45. The van der Waals surface area contributed by atoms with Crippen molar-refractivity contribution in [3.05, 3.63) is 29.5 Å². The fourth-order valence-corrected chi connectivity index (χ4v) is 2.17. The number of rotatable bonds is 8. The van der Waals surface area contributed by atoms with Gasteiger partial charge in [0.25, 0.3) is 0 Å². The molecule has 20 heavy (non-hydrogen) atoms. The Morgan fingerprint density at radius 2 is 2.05 bits per heavy atom. The number of carboxylic acids is 1. The Morgan fingerprint density at radius 3 is 2.50 bits per heavy atom. The standard InChI is InChI=1S/C14H21N3O3/c1-4-7-17(8-9-18)13-12(14(19)20)10(5-2)11(6-3)15-16-13/h4,18H,1,5-9H2,2-3H3,(H,19,20). The fourth-order valence-electron chi connectivity index (χ4n) is 2.17. The smallest absolute Gasteiger partial charge is 0.339 e. The van der Waals surface area contributed by atoms with Gasteiger partial charge in [-0.15, -0.1) is 11.7 Å². The summed E-state index contributed by atoms with van der Waals surface area (Å²) in [6.45, 7) is 8.06. The lowest BCUT2D eigenvalue weighted by Crippen LogP contribution is -2.30. The number of aliphatic hydroxyl groups is 1. The van der Waals surface area contributed by atoms with Gasteiger partial charge in [-0.25, -0.2) is 4.79 Å². The van der Waals surface area contributed by atoms with Crippen molar-refractivity contribution >= 4 is 11.8 Å². The predicted octanol–water partition coefficient (Wildman–Crippen LogP) is 1.28. The molecule has 0 atom stereocenters. The van der Waals surface area contributed by atoms with Crippen LogP contribution < -0.4 is 4.90 Å². The largest absolute Gasteiger partial charge is 0.478 e. The summed E-state index contributed by atoms with van der Waals surface area (Å²) in [7, 11) is 0. The molecule has 0 unspecified atom stereocenters. The summed E-state index contributed by atoms with van der Waals surface area (Å²) in [4.78, 5) is 13.3. The van der Waals surface area contributed by atoms with Gasteiger partial charge >= 0.3 is 5.97 Å². The zero-order valence-corrected chi connectivity index (χ0v) is 12.0. The van der Waals surface area contributed by atoms with Gasteiger partial charge in [0.2, 0.25) is 0 Å². The van der Waals surface area contributed by atoms with E-state index in [9.17, 15) is 9.90 Å². The summed E-state index contributed by atoms with van der Waals surface area (Å²) in [5, 5.41) is 26.8. The molecule has 0 aliphatic rings. The number of aromatic nitrogens is 2. The third kappa shape index (κ3) is 3.33. The minimum absolute atomic E-state index is 0.0917. The van der Waals surface area contributed by atoms with Gasteiger partial charge in [0.05, 0.1) is 12.3 Å². The highest BCUT2D eigenvalue weighted by molar-refractivity contribution is 5.95. The summed E-state index contributed by atoms with van der Waals surface area (Å²) in [5.41, 5.74) is 1.59. The van der Waals surface area contributed by atoms with E-state index in [0.29, 0.717) is 36.5 Å². The highest BCUT2D eigenvalue weighted by Crippen LogP contribution is 2.24. The topological polar surface area (TPSA) is 86.5 Å². The number of carbonyl (C=O) groups is 1. The second-order valence-electron chi connectivity index (χ2n) is 4.29. The maximum Gasteiger partial charge on any atom is 0.339 e. The highest BCUT2D eigenvalue weighted by Gasteiger charge is 2.23. The molecule has 1 aromatic heterocycles. The molecule has 0 saturated heterocycles. The van der Waals surface area contributed by atoms with Crippen molar-refractivity contribution < 1.29 is 15.0 Å². The first-order valence-electron chi connectivity index (χ1n) is 6.69. The van der Waals surface area contributed by atoms with Gasteiger partial charge in [-0.2, -0.15) is 5.10 Å². The number of hydrogen-bond donors (Lipinski definition) is 2. The van der Waals surface area contributed by atoms with E-state index in [1.807, 2.05) is 13.8 Å². The van der Waals surface area contributed by atoms with Crippen molar-refractivity contribution in [2.75, 3.05) is 24.6 Å². The molecule has 6 heteroatoms. The minimum atomic E-state index is -1.02. The van der Waals surface area contributed by atoms with Crippen molar-refractivity contribution in [3.8, 4) is 0 Å². The summed E-state index contributed by atoms with van der Waals surface area (Å²) >= 11 is 0. The molecule has 1 aromatic rings. The first kappa shape index (κ1) is 16.1. The molecule has 6 nitrogen and oxygen atoms in total. The van der Waals surface area contributed by atoms with E-state index in [0.717, 1.165) is 0 Å². The van der Waals surface area contributed by atoms with Crippen LogP contribution in [0.5, 0.6) is 0 Å². The third-order valence-electron chi connectivity index (χ3n) is 3.06. The minimum Gasteiger partial charge on any atom is -0.478 e. The Balaban J connectivity index is 3.44. The fraction of sp³-hybridized carbons (Fsp3) is 0.500. The van der Waals surface area contributed by atoms with Crippen molar-refractivity contribution in [1.29, 1.82) is 0 Å². The van der Waals surface area contributed by atoms with E-state index in [2.05, 4.69) is 16.8 Å². The molecule has 0 bridgehead atoms. The molecule has 0 fully saturated rings. The molecular formula is C14H21N3O3. The number of aromatic carboxylic acids is 1. The van der Waals surface area contributed by atoms with Gasteiger partial charge in [0.15, 0.2) is 5.82 Å². The number of carboxylic acid groups (broad SMARTS) is 1. The molecule has 0 aliphatic heterocycles. The normalized spacial score (nSPS) is 10.3. The molecular weight excluding hydrogens is 258 g/mol. The number of anilines is 1. The summed E-state index contributed by atoms with van der Waals surface area (Å²) in [6.07, 6.45) is 2.86. The van der Waals surface area contributed by atoms with E-state index in [4.69, 9.17) is 5.11 Å². The molecule has 0 spiro atoms. The summed E-state index contributed by atoms with van der Waals surface area (Å²) in [6, 6.07) is 0. The lowest BCUT2D eigenvalue weighted by Gasteiger charge is -2.23. The highest BCUT2D eigenvalue weighted by atomic mass is 16.4. The molecule has 0 saturated carbocycles. The van der Waals surface area contributed by atoms with Crippen LogP contribution in [0.3, 0.4) is 0 Å². The predicted molar refractivity (Wildman–Crippen MR) is 77.2 cm³/mol. The molecule has 0 aromatic carbocycles. The quantitative estimate of drug-likeness (QED) is 0.697. The van der Waals surface area contributed by atoms with Crippen molar-refractivity contribution in [2.45, 2.75) is 26.7 Å². The molecule has 2 N–H and O–H groups in total. The van der Waals surface area contributed by atoms with Crippen LogP contribution in [0.15, 0.2) is 12.7 Å². The number of aryl methyl sites for hydroxylation is 1. The SMILES string of the molecule is C=CCN(CCO)c1nnc(CC)c(CC)c1C(=O)O. The second-order valence-corrected chi connectivity index (χ2v) is 4.29. The van der Waals surface area contributed by atoms with E-state index in [-0.39, 0.29) is 18.7 Å². The zero-order valence-electron chi connectivity index (χ0n) is 12.0. The first-order chi connectivity index (χ1) is 9.60. The Kier molecular flexibility index (Phi) is 6.11. The monoisotopic (exact) mass is 279 g/mol. The maximum absolute atomic E-state index is 11.6. The van der Waals surface area contributed by atoms with Crippen LogP contribution in [0.2, 0.25) is 0 Å². The Labute approximate surface area is 118 Å². The molecule has 0 aliphatic carbocycles. The van der Waals surface area contributed by atoms with Crippen LogP contribution >= 0.6 is 0 Å². The molecule has 1 rings (SSSR count). The molecule has 110 valence electrons. The lowest BCUT2D eigenvalue weighted by atomic mass is 10.0. The van der Waals surface area contributed by atoms with Crippen LogP contribution in [0, 0.1) is 0 Å². The van der Waals surface area contributed by atoms with Crippen LogP contribution in [0.25, 0.3) is 0 Å². The second kappa shape index (κ2) is 7.59. The van der Waals surface area contributed by atoms with Crippen LogP contribution in [0.1, 0.15) is 35.5 Å². The van der Waals surface area contributed by atoms with Gasteiger partial charge < -0.3 is 15.1 Å². The lowest BCUT2D eigenvalue weighted by molar-refractivity contribution is 0.0695. The maximum atomic E-state index is 11.6. The number of aliphatic hydroxyl groups excluding tert-OH is 1. The van der Waals surface area contributed by atoms with Crippen molar-refractivity contribution in [3.63, 3.8) is 0 Å². The first-order valence-corrected chi connectivity index (χ1v) is 6.69. The Morgan fingerprint density at radius 1 is 1.35 bits per heavy atom. The zero-order chi connectivity index (χ0) is 15.1. The van der Waals surface area contributed by atoms with Gasteiger partial charge in [-0.3, -0.25) is 0 Å². The van der Waals surface area contributed by atoms with Gasteiger partial charge in [0, 0.05) is 13.1 Å². The van der Waals surface area contributed by atoms with E-state index in [1.54, 1.807) is 11.0 Å². The third-order valence-corrected chi connectivity index (χ3v) is 3.06. The molecule has 0 amide bonds.